The van der Waals surface area contributed by atoms with E-state index in [4.69, 9.17) is 9.47 Å². The van der Waals surface area contributed by atoms with Crippen LogP contribution in [0.15, 0.2) is 71.2 Å². The van der Waals surface area contributed by atoms with Gasteiger partial charge in [-0.05, 0) is 54.1 Å². The summed E-state index contributed by atoms with van der Waals surface area (Å²) >= 11 is 3.38. The molecule has 9 heteroatoms. The van der Waals surface area contributed by atoms with E-state index in [1.54, 1.807) is 35.2 Å². The smallest absolute Gasteiger partial charge is 0.253 e. The summed E-state index contributed by atoms with van der Waals surface area (Å²) in [6.45, 7) is 0.757. The molecule has 0 unspecified atom stereocenters. The second kappa shape index (κ2) is 9.79. The molecule has 2 aliphatic rings. The van der Waals surface area contributed by atoms with Crippen LogP contribution >= 0.6 is 15.9 Å². The third-order valence-corrected chi connectivity index (χ3v) is 6.48. The normalized spacial score (nSPS) is 16.3. The summed E-state index contributed by atoms with van der Waals surface area (Å²) in [6, 6.07) is 19.7. The highest BCUT2D eigenvalue weighted by Crippen LogP contribution is 2.32. The summed E-state index contributed by atoms with van der Waals surface area (Å²) in [7, 11) is 0. The van der Waals surface area contributed by atoms with Crippen LogP contribution in [-0.2, 0) is 16.1 Å². The minimum Gasteiger partial charge on any atom is -0.454 e. The Balaban J connectivity index is 1.23. The molecule has 0 radical (unpaired) electrons. The predicted octanol–water partition coefficient (Wildman–Crippen LogP) is 4.10. The summed E-state index contributed by atoms with van der Waals surface area (Å²) < 4.78 is 11.6. The lowest BCUT2D eigenvalue weighted by Crippen LogP contribution is -2.29. The van der Waals surface area contributed by atoms with E-state index < -0.39 is 5.92 Å². The Labute approximate surface area is 210 Å². The van der Waals surface area contributed by atoms with Gasteiger partial charge in [-0.1, -0.05) is 34.1 Å². The fraction of sp³-hybridized carbons (Fsp3) is 0.192. The van der Waals surface area contributed by atoms with Gasteiger partial charge in [-0.3, -0.25) is 14.4 Å². The summed E-state index contributed by atoms with van der Waals surface area (Å²) in [5.41, 5.74) is 2.35. The second-order valence-electron chi connectivity index (χ2n) is 8.29. The Morgan fingerprint density at radius 1 is 1.00 bits per heavy atom. The summed E-state index contributed by atoms with van der Waals surface area (Å²) in [4.78, 5) is 40.1. The van der Waals surface area contributed by atoms with Crippen molar-refractivity contribution in [3.8, 4) is 11.5 Å². The van der Waals surface area contributed by atoms with E-state index in [0.717, 1.165) is 15.7 Å². The van der Waals surface area contributed by atoms with Gasteiger partial charge in [-0.25, -0.2) is 0 Å². The van der Waals surface area contributed by atoms with Crippen molar-refractivity contribution in [3.63, 3.8) is 0 Å². The zero-order valence-electron chi connectivity index (χ0n) is 18.6. The highest BCUT2D eigenvalue weighted by molar-refractivity contribution is 9.10. The van der Waals surface area contributed by atoms with Crippen molar-refractivity contribution in [2.45, 2.75) is 13.0 Å². The molecule has 0 aliphatic carbocycles. The minimum absolute atomic E-state index is 0.109. The van der Waals surface area contributed by atoms with Gasteiger partial charge in [-0.2, -0.15) is 0 Å². The van der Waals surface area contributed by atoms with Crippen molar-refractivity contribution in [2.75, 3.05) is 23.6 Å². The van der Waals surface area contributed by atoms with Crippen LogP contribution < -0.4 is 25.0 Å². The Bertz CT molecular complexity index is 1290. The van der Waals surface area contributed by atoms with Crippen molar-refractivity contribution in [1.82, 2.24) is 5.32 Å². The first-order valence-corrected chi connectivity index (χ1v) is 11.9. The van der Waals surface area contributed by atoms with Gasteiger partial charge in [0, 0.05) is 29.7 Å². The van der Waals surface area contributed by atoms with Gasteiger partial charge in [0.05, 0.1) is 17.2 Å². The van der Waals surface area contributed by atoms with E-state index in [1.807, 2.05) is 36.4 Å². The first-order chi connectivity index (χ1) is 17.0. The van der Waals surface area contributed by atoms with Crippen molar-refractivity contribution in [3.05, 3.63) is 82.3 Å². The highest BCUT2D eigenvalue weighted by Gasteiger charge is 2.35. The standard InChI is InChI=1S/C26H22BrN3O5/c27-18-6-8-19(9-7-18)30-14-17(12-24(30)31)25(32)29-21-4-2-1-3-20(21)26(33)28-13-16-5-10-22-23(11-16)35-15-34-22/h1-11,17H,12-15H2,(H,28,33)(H,29,32)/t17-/m1/s1. The summed E-state index contributed by atoms with van der Waals surface area (Å²) in [5, 5.41) is 5.72. The van der Waals surface area contributed by atoms with Crippen LogP contribution in [0.25, 0.3) is 0 Å². The number of fused-ring (bicyclic) bond motifs is 1. The number of nitrogens with one attached hydrogen (secondary N) is 2. The molecule has 35 heavy (non-hydrogen) atoms. The largest absolute Gasteiger partial charge is 0.454 e. The first kappa shape index (κ1) is 22.9. The molecule has 0 spiro atoms. The van der Waals surface area contributed by atoms with Crippen molar-refractivity contribution in [2.24, 2.45) is 5.92 Å². The van der Waals surface area contributed by atoms with Crippen LogP contribution in [0.4, 0.5) is 11.4 Å². The van der Waals surface area contributed by atoms with Gasteiger partial charge >= 0.3 is 0 Å². The molecule has 3 aromatic carbocycles. The number of carbonyl (C=O) groups excluding carboxylic acids is 3. The zero-order chi connectivity index (χ0) is 24.4. The maximum Gasteiger partial charge on any atom is 0.253 e. The van der Waals surface area contributed by atoms with E-state index >= 15 is 0 Å². The SMILES string of the molecule is O=C(NCc1ccc2c(c1)OCO2)c1ccccc1NC(=O)[C@@H]1CC(=O)N(c2ccc(Br)cc2)C1. The van der Waals surface area contributed by atoms with Crippen LogP contribution in [0.5, 0.6) is 11.5 Å². The van der Waals surface area contributed by atoms with Crippen LogP contribution in [0.3, 0.4) is 0 Å². The average molecular weight is 536 g/mol. The number of benzene rings is 3. The third-order valence-electron chi connectivity index (χ3n) is 5.95. The first-order valence-electron chi connectivity index (χ1n) is 11.1. The lowest BCUT2D eigenvalue weighted by atomic mass is 10.1. The number of nitrogens with zero attached hydrogens (tertiary/aromatic N) is 1. The van der Waals surface area contributed by atoms with Gasteiger partial charge < -0.3 is 25.0 Å². The molecule has 1 fully saturated rings. The molecule has 178 valence electrons. The molecule has 0 aromatic heterocycles. The monoisotopic (exact) mass is 535 g/mol. The fourth-order valence-electron chi connectivity index (χ4n) is 4.11. The molecule has 5 rings (SSSR count). The van der Waals surface area contributed by atoms with Crippen molar-refractivity contribution >= 4 is 45.0 Å². The predicted molar refractivity (Wildman–Crippen MR) is 133 cm³/mol. The fourth-order valence-corrected chi connectivity index (χ4v) is 4.37. The summed E-state index contributed by atoms with van der Waals surface area (Å²) in [6.07, 6.45) is 0.111. The van der Waals surface area contributed by atoms with E-state index in [1.165, 1.54) is 0 Å². The Morgan fingerprint density at radius 3 is 2.60 bits per heavy atom. The van der Waals surface area contributed by atoms with Gasteiger partial charge in [0.15, 0.2) is 11.5 Å². The van der Waals surface area contributed by atoms with Crippen LogP contribution in [0, 0.1) is 5.92 Å². The van der Waals surface area contributed by atoms with Crippen molar-refractivity contribution < 1.29 is 23.9 Å². The molecule has 8 nitrogen and oxygen atoms in total. The molecule has 2 N–H and O–H groups in total. The topological polar surface area (TPSA) is 97.0 Å². The number of anilines is 2. The molecular formula is C26H22BrN3O5. The number of hydrogen-bond donors (Lipinski definition) is 2. The van der Waals surface area contributed by atoms with Crippen LogP contribution in [-0.4, -0.2) is 31.1 Å². The third kappa shape index (κ3) is 5.00. The number of amides is 3. The molecular weight excluding hydrogens is 514 g/mol. The second-order valence-corrected chi connectivity index (χ2v) is 9.20. The van der Waals surface area contributed by atoms with Gasteiger partial charge in [0.25, 0.3) is 5.91 Å². The molecule has 1 atom stereocenters. The molecule has 0 bridgehead atoms. The van der Waals surface area contributed by atoms with E-state index in [0.29, 0.717) is 22.7 Å². The molecule has 3 aromatic rings. The Kier molecular flexibility index (Phi) is 6.41. The van der Waals surface area contributed by atoms with E-state index in [2.05, 4.69) is 26.6 Å². The number of halogens is 1. The molecule has 2 aliphatic heterocycles. The number of carbonyl (C=O) groups is 3. The van der Waals surface area contributed by atoms with Crippen LogP contribution in [0.2, 0.25) is 0 Å². The number of ether oxygens (including phenoxy) is 2. The zero-order valence-corrected chi connectivity index (χ0v) is 20.2. The lowest BCUT2D eigenvalue weighted by Gasteiger charge is -2.17. The maximum absolute atomic E-state index is 13.0. The highest BCUT2D eigenvalue weighted by atomic mass is 79.9. The van der Waals surface area contributed by atoms with E-state index in [9.17, 15) is 14.4 Å². The van der Waals surface area contributed by atoms with Gasteiger partial charge in [0.1, 0.15) is 0 Å². The van der Waals surface area contributed by atoms with Crippen molar-refractivity contribution in [1.29, 1.82) is 0 Å². The lowest BCUT2D eigenvalue weighted by molar-refractivity contribution is -0.122. The molecule has 1 saturated heterocycles. The maximum atomic E-state index is 13.0. The van der Waals surface area contributed by atoms with Gasteiger partial charge in [0.2, 0.25) is 18.6 Å². The number of hydrogen-bond acceptors (Lipinski definition) is 5. The molecule has 0 saturated carbocycles. The number of para-hydroxylation sites is 1. The Morgan fingerprint density at radius 2 is 1.77 bits per heavy atom. The summed E-state index contributed by atoms with van der Waals surface area (Å²) in [5.74, 6) is 0.0783. The van der Waals surface area contributed by atoms with Gasteiger partial charge in [-0.15, -0.1) is 0 Å². The van der Waals surface area contributed by atoms with Crippen LogP contribution in [0.1, 0.15) is 22.3 Å². The minimum atomic E-state index is -0.518. The number of rotatable bonds is 6. The van der Waals surface area contributed by atoms with E-state index in [-0.39, 0.29) is 44.0 Å². The average Bonchev–Trinajstić information content (AvgIpc) is 3.49. The Hall–Kier alpha value is -3.85. The molecule has 3 amide bonds. The quantitative estimate of drug-likeness (QED) is 0.495. The molecule has 2 heterocycles.